The highest BCUT2D eigenvalue weighted by Gasteiger charge is 2.29. The number of benzene rings is 9. The molecule has 5 nitrogen and oxygen atoms in total. The minimum atomic E-state index is -0.269. The topological polar surface area (TPSA) is 54.5 Å². The summed E-state index contributed by atoms with van der Waals surface area (Å²) in [7, 11) is 0. The van der Waals surface area contributed by atoms with E-state index < -0.39 is 0 Å². The van der Waals surface area contributed by atoms with E-state index in [0.717, 1.165) is 72.3 Å². The molecule has 2 unspecified atom stereocenters. The van der Waals surface area contributed by atoms with Crippen LogP contribution in [0.25, 0.3) is 82.8 Å². The van der Waals surface area contributed by atoms with E-state index in [9.17, 15) is 0 Å². The molecule has 9 aromatic carbocycles. The predicted octanol–water partition coefficient (Wildman–Crippen LogP) is 14.0. The van der Waals surface area contributed by atoms with Gasteiger partial charge in [0.15, 0.2) is 5.58 Å². The van der Waals surface area contributed by atoms with E-state index in [2.05, 4.69) is 228 Å². The minimum Gasteiger partial charge on any atom is -0.453 e. The van der Waals surface area contributed by atoms with Crippen LogP contribution in [0.2, 0.25) is 0 Å². The van der Waals surface area contributed by atoms with Crippen molar-refractivity contribution in [3.05, 3.63) is 235 Å². The quantitative estimate of drug-likeness (QED) is 0.169. The van der Waals surface area contributed by atoms with Crippen LogP contribution >= 0.6 is 0 Å². The van der Waals surface area contributed by atoms with Crippen LogP contribution in [0.15, 0.2) is 228 Å². The number of hydrogen-bond donors (Lipinski definition) is 2. The number of amidine groups is 1. The Morgan fingerprint density at radius 1 is 0.419 bits per heavy atom. The molecule has 2 aromatic heterocycles. The molecule has 2 N–H and O–H groups in total. The first-order chi connectivity index (χ1) is 30.7. The number of hydrogen-bond acceptors (Lipinski definition) is 4. The van der Waals surface area contributed by atoms with Gasteiger partial charge in [0, 0.05) is 32.7 Å². The number of nitrogens with zero attached hydrogens (tertiary/aromatic N) is 2. The van der Waals surface area contributed by atoms with E-state index >= 15 is 0 Å². The average molecular weight is 797 g/mol. The van der Waals surface area contributed by atoms with Crippen molar-refractivity contribution in [2.45, 2.75) is 12.3 Å². The molecular weight excluding hydrogens is 757 g/mol. The molecule has 62 heavy (non-hydrogen) atoms. The van der Waals surface area contributed by atoms with Gasteiger partial charge in [0.2, 0.25) is 0 Å². The monoisotopic (exact) mass is 796 g/mol. The van der Waals surface area contributed by atoms with Crippen molar-refractivity contribution in [1.29, 1.82) is 0 Å². The molecule has 0 spiro atoms. The molecule has 11 aromatic rings. The summed E-state index contributed by atoms with van der Waals surface area (Å²) < 4.78 is 9.70. The number of rotatable bonds is 7. The zero-order chi connectivity index (χ0) is 41.0. The summed E-state index contributed by atoms with van der Waals surface area (Å²) in [6, 6.07) is 77.4. The van der Waals surface area contributed by atoms with E-state index in [1.165, 1.54) is 33.0 Å². The largest absolute Gasteiger partial charge is 0.453 e. The van der Waals surface area contributed by atoms with Crippen LogP contribution in [0.4, 0.5) is 0 Å². The fourth-order valence-electron chi connectivity index (χ4n) is 9.33. The van der Waals surface area contributed by atoms with Crippen molar-refractivity contribution in [1.82, 2.24) is 15.2 Å². The van der Waals surface area contributed by atoms with Gasteiger partial charge in [-0.25, -0.2) is 4.99 Å². The van der Waals surface area contributed by atoms with Crippen LogP contribution in [-0.2, 0) is 0 Å². The summed E-state index contributed by atoms with van der Waals surface area (Å²) in [4.78, 5) is 5.41. The van der Waals surface area contributed by atoms with Gasteiger partial charge in [-0.3, -0.25) is 5.32 Å². The molecule has 0 amide bonds. The summed E-state index contributed by atoms with van der Waals surface area (Å²) in [6.45, 7) is 0. The van der Waals surface area contributed by atoms with Gasteiger partial charge in [0.25, 0.3) is 0 Å². The van der Waals surface area contributed by atoms with Gasteiger partial charge in [-0.05, 0) is 81.4 Å². The molecule has 0 bridgehead atoms. The Labute approximate surface area is 359 Å². The Balaban J connectivity index is 1.12. The summed E-state index contributed by atoms with van der Waals surface area (Å²) >= 11 is 0. The summed E-state index contributed by atoms with van der Waals surface area (Å²) in [5.74, 6) is 0.808. The zero-order valence-electron chi connectivity index (χ0n) is 33.7. The second-order valence-corrected chi connectivity index (χ2v) is 16.0. The van der Waals surface area contributed by atoms with Gasteiger partial charge in [-0.15, -0.1) is 0 Å². The van der Waals surface area contributed by atoms with Crippen LogP contribution in [-0.4, -0.2) is 10.4 Å². The lowest BCUT2D eigenvalue weighted by molar-refractivity contribution is 0.409. The number of aromatic nitrogens is 1. The lowest BCUT2D eigenvalue weighted by Gasteiger charge is -2.32. The molecule has 0 aliphatic carbocycles. The molecular formula is C57H40N4O. The number of para-hydroxylation sites is 1. The van der Waals surface area contributed by atoms with Crippen molar-refractivity contribution < 1.29 is 4.42 Å². The van der Waals surface area contributed by atoms with E-state index in [-0.39, 0.29) is 12.3 Å². The highest BCUT2D eigenvalue weighted by atomic mass is 16.3. The van der Waals surface area contributed by atoms with Crippen molar-refractivity contribution >= 4 is 49.6 Å². The molecule has 2 atom stereocenters. The van der Waals surface area contributed by atoms with E-state index in [1.807, 2.05) is 6.07 Å². The Hall–Kier alpha value is -7.99. The molecule has 294 valence electrons. The van der Waals surface area contributed by atoms with Gasteiger partial charge < -0.3 is 14.3 Å². The summed E-state index contributed by atoms with van der Waals surface area (Å²) in [5.41, 5.74) is 14.9. The van der Waals surface area contributed by atoms with Crippen molar-refractivity contribution in [2.24, 2.45) is 4.99 Å². The van der Waals surface area contributed by atoms with Gasteiger partial charge in [0.05, 0.1) is 16.7 Å². The number of furan rings is 1. The first-order valence-electron chi connectivity index (χ1n) is 21.2. The van der Waals surface area contributed by atoms with Crippen LogP contribution < -0.4 is 10.6 Å². The second-order valence-electron chi connectivity index (χ2n) is 16.0. The lowest BCUT2D eigenvalue weighted by Crippen LogP contribution is -2.45. The SMILES string of the molecule is c1ccc(-c2ccc3c(c2)c2cc(-c4ccccc4)ccc2n3-c2cccc3c2oc2c(-c4ccccc4)ccc(C4=NC(c5ccccc5)NC(c5ccccc5)N4)c23)cc1. The Bertz CT molecular complexity index is 3350. The fourth-order valence-corrected chi connectivity index (χ4v) is 9.33. The first kappa shape index (κ1) is 35.9. The van der Waals surface area contributed by atoms with Gasteiger partial charge in [-0.1, -0.05) is 176 Å². The summed E-state index contributed by atoms with van der Waals surface area (Å²) in [5, 5.41) is 12.0. The van der Waals surface area contributed by atoms with E-state index in [1.54, 1.807) is 0 Å². The summed E-state index contributed by atoms with van der Waals surface area (Å²) in [6.07, 6.45) is -0.444. The smallest absolute Gasteiger partial charge is 0.159 e. The standard InChI is InChI=1S/C57H40N4O/c1-6-17-37(18-7-1)42-29-33-49-47(35-42)48-36-43(38-19-8-2-9-20-38)30-34-50(48)61(49)51-28-16-27-45-52-46(32-31-44(54(52)62-53(45)51)39-21-10-3-11-22-39)57-59-55(40-23-12-4-13-24-40)58-56(60-57)41-25-14-5-15-26-41/h1-36,55-56,58H,(H,59,60). The predicted molar refractivity (Wildman–Crippen MR) is 256 cm³/mol. The number of nitrogens with one attached hydrogen (secondary N) is 2. The van der Waals surface area contributed by atoms with Gasteiger partial charge >= 0.3 is 0 Å². The van der Waals surface area contributed by atoms with Gasteiger partial charge in [0.1, 0.15) is 23.8 Å². The highest BCUT2D eigenvalue weighted by Crippen LogP contribution is 2.44. The molecule has 0 fully saturated rings. The van der Waals surface area contributed by atoms with Crippen molar-refractivity contribution in [2.75, 3.05) is 0 Å². The maximum Gasteiger partial charge on any atom is 0.159 e. The molecule has 1 aliphatic rings. The van der Waals surface area contributed by atoms with E-state index in [0.29, 0.717) is 0 Å². The molecule has 0 saturated heterocycles. The first-order valence-corrected chi connectivity index (χ1v) is 21.2. The van der Waals surface area contributed by atoms with Crippen molar-refractivity contribution in [3.63, 3.8) is 0 Å². The third-order valence-electron chi connectivity index (χ3n) is 12.3. The van der Waals surface area contributed by atoms with E-state index in [4.69, 9.17) is 9.41 Å². The minimum absolute atomic E-state index is 0.175. The molecule has 0 saturated carbocycles. The zero-order valence-corrected chi connectivity index (χ0v) is 33.7. The van der Waals surface area contributed by atoms with Crippen LogP contribution in [0.5, 0.6) is 0 Å². The number of aliphatic imine (C=N–C) groups is 1. The fraction of sp³-hybridized carbons (Fsp3) is 0.0351. The van der Waals surface area contributed by atoms with Crippen molar-refractivity contribution in [3.8, 4) is 39.1 Å². The average Bonchev–Trinajstić information content (AvgIpc) is 3.91. The Morgan fingerprint density at radius 3 is 1.55 bits per heavy atom. The number of fused-ring (bicyclic) bond motifs is 6. The molecule has 12 rings (SSSR count). The lowest BCUT2D eigenvalue weighted by atomic mass is 9.97. The Morgan fingerprint density at radius 2 is 0.952 bits per heavy atom. The highest BCUT2D eigenvalue weighted by molar-refractivity contribution is 6.22. The molecule has 1 aliphatic heterocycles. The maximum absolute atomic E-state index is 7.31. The Kier molecular flexibility index (Phi) is 8.65. The normalized spacial score (nSPS) is 15.3. The van der Waals surface area contributed by atoms with Crippen LogP contribution in [0, 0.1) is 0 Å². The van der Waals surface area contributed by atoms with Gasteiger partial charge in [-0.2, -0.15) is 0 Å². The van der Waals surface area contributed by atoms with Crippen LogP contribution in [0.1, 0.15) is 29.0 Å². The molecule has 5 heteroatoms. The molecule has 3 heterocycles. The third kappa shape index (κ3) is 6.09. The van der Waals surface area contributed by atoms with Crippen LogP contribution in [0.3, 0.4) is 0 Å². The molecule has 0 radical (unpaired) electrons. The third-order valence-corrected chi connectivity index (χ3v) is 12.3. The second kappa shape index (κ2) is 14.9. The maximum atomic E-state index is 7.31.